The minimum Gasteiger partial charge on any atom is -0.463 e. The van der Waals surface area contributed by atoms with E-state index in [2.05, 4.69) is 6.92 Å². The van der Waals surface area contributed by atoms with E-state index in [1.54, 1.807) is 0 Å². The van der Waals surface area contributed by atoms with Crippen molar-refractivity contribution in [2.24, 2.45) is 0 Å². The molecule has 0 unspecified atom stereocenters. The third kappa shape index (κ3) is 6.16. The summed E-state index contributed by atoms with van der Waals surface area (Å²) in [7, 11) is 0. The molecule has 0 amide bonds. The normalized spacial score (nSPS) is 11.3. The third-order valence-corrected chi connectivity index (χ3v) is 1.73. The van der Waals surface area contributed by atoms with Gasteiger partial charge in [-0.1, -0.05) is 6.92 Å². The van der Waals surface area contributed by atoms with Crippen LogP contribution in [0.1, 0.15) is 34.1 Å². The van der Waals surface area contributed by atoms with Crippen molar-refractivity contribution in [3.63, 3.8) is 0 Å². The lowest BCUT2D eigenvalue weighted by Crippen LogP contribution is -2.25. The highest BCUT2D eigenvalue weighted by molar-refractivity contribution is 5.65. The molecule has 0 saturated carbocycles. The monoisotopic (exact) mass is 174 g/mol. The largest absolute Gasteiger partial charge is 0.463 e. The molecule has 0 spiro atoms. The highest BCUT2D eigenvalue weighted by atomic mass is 16.6. The van der Waals surface area contributed by atoms with Crippen molar-refractivity contribution in [2.75, 3.05) is 13.2 Å². The number of carbonyl (C=O) groups is 1. The lowest BCUT2D eigenvalue weighted by Gasteiger charge is -2.23. The topological polar surface area (TPSA) is 35.5 Å². The second kappa shape index (κ2) is 5.14. The van der Waals surface area contributed by atoms with Crippen molar-refractivity contribution < 1.29 is 14.3 Å². The van der Waals surface area contributed by atoms with Crippen LogP contribution in [0.3, 0.4) is 0 Å². The van der Waals surface area contributed by atoms with Crippen LogP contribution >= 0.6 is 0 Å². The molecule has 0 heterocycles. The van der Waals surface area contributed by atoms with Gasteiger partial charge in [0.1, 0.15) is 6.61 Å². The third-order valence-electron chi connectivity index (χ3n) is 1.73. The van der Waals surface area contributed by atoms with Crippen LogP contribution in [-0.4, -0.2) is 24.8 Å². The summed E-state index contributed by atoms with van der Waals surface area (Å²) in [5, 5.41) is 0. The van der Waals surface area contributed by atoms with E-state index < -0.39 is 0 Å². The quantitative estimate of drug-likeness (QED) is 0.470. The molecule has 0 aliphatic rings. The number of hydrogen-bond donors (Lipinski definition) is 0. The summed E-state index contributed by atoms with van der Waals surface area (Å²) in [6.07, 6.45) is 0.951. The number of hydrogen-bond acceptors (Lipinski definition) is 3. The average molecular weight is 174 g/mol. The minimum atomic E-state index is -0.257. The van der Waals surface area contributed by atoms with Crippen LogP contribution in [-0.2, 0) is 14.3 Å². The van der Waals surface area contributed by atoms with Crippen molar-refractivity contribution >= 4 is 5.97 Å². The molecular formula is C9H18O3. The van der Waals surface area contributed by atoms with Gasteiger partial charge in [0.15, 0.2) is 0 Å². The van der Waals surface area contributed by atoms with Gasteiger partial charge in [-0.2, -0.15) is 0 Å². The zero-order valence-corrected chi connectivity index (χ0v) is 8.35. The van der Waals surface area contributed by atoms with Crippen molar-refractivity contribution in [3.05, 3.63) is 0 Å². The van der Waals surface area contributed by atoms with Crippen LogP contribution < -0.4 is 0 Å². The number of esters is 1. The summed E-state index contributed by atoms with van der Waals surface area (Å²) in [6.45, 7) is 8.30. The standard InChI is InChI=1S/C9H18O3/c1-5-9(3,4)12-7-6-11-8(2)10/h5-7H2,1-4H3. The molecule has 0 aliphatic heterocycles. The molecule has 0 radical (unpaired) electrons. The van der Waals surface area contributed by atoms with Gasteiger partial charge in [0, 0.05) is 6.92 Å². The van der Waals surface area contributed by atoms with E-state index in [4.69, 9.17) is 9.47 Å². The Morgan fingerprint density at radius 1 is 1.33 bits per heavy atom. The Labute approximate surface area is 74.0 Å². The fourth-order valence-corrected chi connectivity index (χ4v) is 0.605. The Morgan fingerprint density at radius 2 is 1.92 bits per heavy atom. The predicted molar refractivity (Wildman–Crippen MR) is 47.0 cm³/mol. The summed E-state index contributed by atoms with van der Waals surface area (Å²) in [5.74, 6) is -0.257. The van der Waals surface area contributed by atoms with Gasteiger partial charge in [-0.05, 0) is 20.3 Å². The second-order valence-corrected chi connectivity index (χ2v) is 3.30. The van der Waals surface area contributed by atoms with E-state index in [9.17, 15) is 4.79 Å². The lowest BCUT2D eigenvalue weighted by molar-refractivity contribution is -0.144. The highest BCUT2D eigenvalue weighted by Gasteiger charge is 2.14. The maximum absolute atomic E-state index is 10.4. The van der Waals surface area contributed by atoms with E-state index in [-0.39, 0.29) is 11.6 Å². The zero-order chi connectivity index (χ0) is 9.61. The molecule has 0 rings (SSSR count). The fourth-order valence-electron chi connectivity index (χ4n) is 0.605. The first kappa shape index (κ1) is 11.4. The molecule has 3 heteroatoms. The van der Waals surface area contributed by atoms with E-state index >= 15 is 0 Å². The fraction of sp³-hybridized carbons (Fsp3) is 0.889. The molecule has 0 aliphatic carbocycles. The number of rotatable bonds is 5. The summed E-state index contributed by atoms with van der Waals surface area (Å²) < 4.78 is 10.2. The van der Waals surface area contributed by atoms with Gasteiger partial charge in [0.25, 0.3) is 0 Å². The van der Waals surface area contributed by atoms with Crippen molar-refractivity contribution in [2.45, 2.75) is 39.7 Å². The smallest absolute Gasteiger partial charge is 0.302 e. The van der Waals surface area contributed by atoms with E-state index in [1.807, 2.05) is 13.8 Å². The molecule has 0 fully saturated rings. The Morgan fingerprint density at radius 3 is 2.33 bits per heavy atom. The van der Waals surface area contributed by atoms with Crippen molar-refractivity contribution in [1.29, 1.82) is 0 Å². The minimum absolute atomic E-state index is 0.111. The van der Waals surface area contributed by atoms with Crippen molar-refractivity contribution in [1.82, 2.24) is 0 Å². The summed E-state index contributed by atoms with van der Waals surface area (Å²) in [6, 6.07) is 0. The summed E-state index contributed by atoms with van der Waals surface area (Å²) in [4.78, 5) is 10.4. The van der Waals surface area contributed by atoms with Gasteiger partial charge in [-0.25, -0.2) is 0 Å². The van der Waals surface area contributed by atoms with Crippen LogP contribution in [0.15, 0.2) is 0 Å². The van der Waals surface area contributed by atoms with Gasteiger partial charge in [-0.15, -0.1) is 0 Å². The lowest BCUT2D eigenvalue weighted by atomic mass is 10.1. The molecule has 0 N–H and O–H groups in total. The molecule has 0 aromatic heterocycles. The molecule has 12 heavy (non-hydrogen) atoms. The van der Waals surface area contributed by atoms with E-state index in [1.165, 1.54) is 6.92 Å². The average Bonchev–Trinajstić information content (AvgIpc) is 1.98. The van der Waals surface area contributed by atoms with Crippen molar-refractivity contribution in [3.8, 4) is 0 Å². The summed E-state index contributed by atoms with van der Waals surface area (Å²) in [5.41, 5.74) is -0.111. The maximum atomic E-state index is 10.4. The molecule has 0 bridgehead atoms. The molecule has 3 nitrogen and oxygen atoms in total. The molecular weight excluding hydrogens is 156 g/mol. The summed E-state index contributed by atoms with van der Waals surface area (Å²) >= 11 is 0. The highest BCUT2D eigenvalue weighted by Crippen LogP contribution is 2.12. The Bertz CT molecular complexity index is 141. The Hall–Kier alpha value is -0.570. The van der Waals surface area contributed by atoms with Crippen LogP contribution in [0.4, 0.5) is 0 Å². The molecule has 0 saturated heterocycles. The maximum Gasteiger partial charge on any atom is 0.302 e. The SMILES string of the molecule is CCC(C)(C)OCCOC(C)=O. The predicted octanol–water partition coefficient (Wildman–Crippen LogP) is 1.75. The van der Waals surface area contributed by atoms with E-state index in [0.717, 1.165) is 6.42 Å². The van der Waals surface area contributed by atoms with Gasteiger partial charge >= 0.3 is 5.97 Å². The van der Waals surface area contributed by atoms with E-state index in [0.29, 0.717) is 13.2 Å². The Kier molecular flexibility index (Phi) is 4.90. The van der Waals surface area contributed by atoms with Gasteiger partial charge < -0.3 is 9.47 Å². The first-order chi connectivity index (χ1) is 5.48. The Balaban J connectivity index is 3.37. The molecule has 0 atom stereocenters. The van der Waals surface area contributed by atoms with Gasteiger partial charge in [-0.3, -0.25) is 4.79 Å². The second-order valence-electron chi connectivity index (χ2n) is 3.30. The van der Waals surface area contributed by atoms with Crippen LogP contribution in [0, 0.1) is 0 Å². The molecule has 0 aromatic rings. The van der Waals surface area contributed by atoms with Gasteiger partial charge in [0.05, 0.1) is 12.2 Å². The number of carbonyl (C=O) groups excluding carboxylic acids is 1. The van der Waals surface area contributed by atoms with Crippen LogP contribution in [0.5, 0.6) is 0 Å². The van der Waals surface area contributed by atoms with Crippen LogP contribution in [0.2, 0.25) is 0 Å². The number of ether oxygens (including phenoxy) is 2. The first-order valence-electron chi connectivity index (χ1n) is 4.25. The molecule has 0 aromatic carbocycles. The first-order valence-corrected chi connectivity index (χ1v) is 4.25. The van der Waals surface area contributed by atoms with Gasteiger partial charge in [0.2, 0.25) is 0 Å². The zero-order valence-electron chi connectivity index (χ0n) is 8.35. The molecule has 72 valence electrons. The van der Waals surface area contributed by atoms with Crippen LogP contribution in [0.25, 0.3) is 0 Å².